The molecule has 2 atom stereocenters. The number of terminal acetylenes is 1. The van der Waals surface area contributed by atoms with Crippen LogP contribution in [0.3, 0.4) is 0 Å². The number of piperazine rings is 1. The summed E-state index contributed by atoms with van der Waals surface area (Å²) in [6.07, 6.45) is 5.13. The van der Waals surface area contributed by atoms with E-state index in [2.05, 4.69) is 11.2 Å². The van der Waals surface area contributed by atoms with Gasteiger partial charge in [0, 0.05) is 19.5 Å². The quantitative estimate of drug-likeness (QED) is 0.322. The Labute approximate surface area is 256 Å². The molecule has 0 saturated carbocycles. The topological polar surface area (TPSA) is 96.4 Å². The fraction of sp³-hybridized carbons (Fsp3) is 0.229. The maximum absolute atomic E-state index is 14.2. The molecule has 44 heavy (non-hydrogen) atoms. The molecule has 0 unspecified atom stereocenters. The zero-order valence-corrected chi connectivity index (χ0v) is 24.2. The second kappa shape index (κ2) is 12.5. The Balaban J connectivity index is 1.37. The number of fused-ring (bicyclic) bond motifs is 2. The van der Waals surface area contributed by atoms with Gasteiger partial charge in [0.05, 0.1) is 19.6 Å². The molecule has 222 valence electrons. The Morgan fingerprint density at radius 1 is 0.909 bits per heavy atom. The summed E-state index contributed by atoms with van der Waals surface area (Å²) in [6, 6.07) is 28.9. The summed E-state index contributed by atoms with van der Waals surface area (Å²) in [5.41, 5.74) is 2.68. The van der Waals surface area contributed by atoms with Crippen LogP contribution in [0.2, 0.25) is 0 Å². The summed E-state index contributed by atoms with van der Waals surface area (Å²) in [4.78, 5) is 45.2. The zero-order chi connectivity index (χ0) is 30.6. The molecule has 2 aliphatic heterocycles. The van der Waals surface area contributed by atoms with E-state index in [9.17, 15) is 19.5 Å². The number of amides is 4. The van der Waals surface area contributed by atoms with Crippen LogP contribution in [0, 0.1) is 12.3 Å². The number of aromatic hydroxyl groups is 1. The smallest absolute Gasteiger partial charge is 0.334 e. The highest BCUT2D eigenvalue weighted by atomic mass is 16.3. The summed E-state index contributed by atoms with van der Waals surface area (Å²) >= 11 is 0. The number of carbonyl (C=O) groups is 3. The monoisotopic (exact) mass is 587 g/mol. The highest BCUT2D eigenvalue weighted by molar-refractivity contribution is 5.92. The third kappa shape index (κ3) is 5.80. The van der Waals surface area contributed by atoms with Crippen molar-refractivity contribution in [2.24, 2.45) is 0 Å². The molecule has 2 N–H and O–H groups in total. The number of nitrogens with one attached hydrogen (secondary N) is 1. The Hall–Kier alpha value is -5.33. The van der Waals surface area contributed by atoms with Gasteiger partial charge in [0.15, 0.2) is 0 Å². The van der Waals surface area contributed by atoms with Crippen LogP contribution in [0.1, 0.15) is 16.7 Å². The van der Waals surface area contributed by atoms with Crippen LogP contribution >= 0.6 is 0 Å². The fourth-order valence-electron chi connectivity index (χ4n) is 6.13. The molecule has 0 aliphatic carbocycles. The number of benzene rings is 4. The van der Waals surface area contributed by atoms with E-state index < -0.39 is 18.2 Å². The van der Waals surface area contributed by atoms with Crippen molar-refractivity contribution >= 4 is 28.6 Å². The standard InChI is InChI=1S/C35H33N5O4/c1-2-19-38-24-33(42)39-31(20-25-15-17-29(41)18-16-25)34(43)37(22-28-13-8-12-27-11-6-7-14-30(27)28)23-32(39)40(38)35(44)36-21-26-9-4-3-5-10-26/h1,3-18,31-32,41H,19-24H2,(H,36,44)/t31-,32-/m0/s1. The van der Waals surface area contributed by atoms with E-state index >= 15 is 0 Å². The highest BCUT2D eigenvalue weighted by Crippen LogP contribution is 2.30. The Bertz CT molecular complexity index is 1710. The second-order valence-corrected chi connectivity index (χ2v) is 11.0. The molecule has 4 aromatic carbocycles. The number of urea groups is 1. The normalized spacial score (nSPS) is 18.7. The molecule has 2 fully saturated rings. The molecule has 9 heteroatoms. The Morgan fingerprint density at radius 2 is 1.64 bits per heavy atom. The van der Waals surface area contributed by atoms with E-state index in [0.29, 0.717) is 6.54 Å². The summed E-state index contributed by atoms with van der Waals surface area (Å²) in [5, 5.41) is 18.0. The third-order valence-electron chi connectivity index (χ3n) is 8.21. The maximum atomic E-state index is 14.2. The average Bonchev–Trinajstić information content (AvgIpc) is 3.03. The lowest BCUT2D eigenvalue weighted by Gasteiger charge is -2.55. The van der Waals surface area contributed by atoms with Gasteiger partial charge in [-0.1, -0.05) is 90.8 Å². The van der Waals surface area contributed by atoms with Gasteiger partial charge in [0.1, 0.15) is 18.0 Å². The lowest BCUT2D eigenvalue weighted by molar-refractivity contribution is -0.189. The summed E-state index contributed by atoms with van der Waals surface area (Å²) in [7, 11) is 0. The number of hydrazine groups is 1. The molecular weight excluding hydrogens is 554 g/mol. The molecule has 0 aromatic heterocycles. The van der Waals surface area contributed by atoms with Crippen LogP contribution in [0.5, 0.6) is 5.75 Å². The van der Waals surface area contributed by atoms with E-state index in [1.165, 1.54) is 5.01 Å². The maximum Gasteiger partial charge on any atom is 0.334 e. The number of hydrogen-bond acceptors (Lipinski definition) is 5. The molecule has 4 aromatic rings. The van der Waals surface area contributed by atoms with E-state index in [1.54, 1.807) is 39.1 Å². The number of hydrogen-bond donors (Lipinski definition) is 2. The molecule has 2 saturated heterocycles. The molecule has 0 radical (unpaired) electrons. The van der Waals surface area contributed by atoms with Crippen molar-refractivity contribution in [2.75, 3.05) is 19.6 Å². The molecule has 4 amide bonds. The van der Waals surface area contributed by atoms with Gasteiger partial charge in [0.2, 0.25) is 11.8 Å². The van der Waals surface area contributed by atoms with E-state index in [0.717, 1.165) is 27.5 Å². The minimum absolute atomic E-state index is 0.0503. The Morgan fingerprint density at radius 3 is 2.41 bits per heavy atom. The van der Waals surface area contributed by atoms with Crippen molar-refractivity contribution in [2.45, 2.75) is 31.7 Å². The van der Waals surface area contributed by atoms with Gasteiger partial charge in [-0.3, -0.25) is 9.59 Å². The van der Waals surface area contributed by atoms with E-state index in [-0.39, 0.29) is 50.2 Å². The van der Waals surface area contributed by atoms with Gasteiger partial charge in [0.25, 0.3) is 0 Å². The summed E-state index contributed by atoms with van der Waals surface area (Å²) < 4.78 is 0. The molecule has 6 rings (SSSR count). The zero-order valence-electron chi connectivity index (χ0n) is 24.2. The first-order valence-electron chi connectivity index (χ1n) is 14.6. The summed E-state index contributed by atoms with van der Waals surface area (Å²) in [6.45, 7) is 0.617. The fourth-order valence-corrected chi connectivity index (χ4v) is 6.13. The van der Waals surface area contributed by atoms with Crippen LogP contribution in [-0.2, 0) is 29.1 Å². The van der Waals surface area contributed by atoms with Crippen molar-refractivity contribution in [3.05, 3.63) is 114 Å². The van der Waals surface area contributed by atoms with Gasteiger partial charge >= 0.3 is 6.03 Å². The minimum atomic E-state index is -0.863. The van der Waals surface area contributed by atoms with Crippen LogP contribution < -0.4 is 5.32 Å². The number of nitrogens with zero attached hydrogens (tertiary/aromatic N) is 4. The SMILES string of the molecule is C#CCN1CC(=O)N2[C@@H](Cc3ccc(O)cc3)C(=O)N(Cc3cccc4ccccc34)C[C@@H]2N1C(=O)NCc1ccccc1. The van der Waals surface area contributed by atoms with Crippen molar-refractivity contribution in [3.8, 4) is 18.1 Å². The lowest BCUT2D eigenvalue weighted by Crippen LogP contribution is -2.76. The minimum Gasteiger partial charge on any atom is -0.508 e. The number of rotatable bonds is 7. The first kappa shape index (κ1) is 28.8. The molecule has 0 bridgehead atoms. The van der Waals surface area contributed by atoms with Crippen LogP contribution in [0.4, 0.5) is 4.79 Å². The molecule has 9 nitrogen and oxygen atoms in total. The number of phenols is 1. The average molecular weight is 588 g/mol. The van der Waals surface area contributed by atoms with E-state index in [4.69, 9.17) is 6.42 Å². The number of phenolic OH excluding ortho intramolecular Hbond substituents is 1. The van der Waals surface area contributed by atoms with Gasteiger partial charge in [-0.2, -0.15) is 5.01 Å². The molecule has 0 spiro atoms. The van der Waals surface area contributed by atoms with Crippen LogP contribution in [0.15, 0.2) is 97.1 Å². The van der Waals surface area contributed by atoms with Gasteiger partial charge in [-0.25, -0.2) is 9.80 Å². The van der Waals surface area contributed by atoms with Crippen LogP contribution in [-0.4, -0.2) is 74.6 Å². The van der Waals surface area contributed by atoms with Gasteiger partial charge in [-0.15, -0.1) is 6.42 Å². The Kier molecular flexibility index (Phi) is 8.17. The molecular formula is C35H33N5O4. The van der Waals surface area contributed by atoms with Crippen molar-refractivity contribution in [3.63, 3.8) is 0 Å². The molecule has 2 aliphatic rings. The van der Waals surface area contributed by atoms with Crippen molar-refractivity contribution in [1.29, 1.82) is 0 Å². The molecule has 2 heterocycles. The van der Waals surface area contributed by atoms with E-state index in [1.807, 2.05) is 72.8 Å². The summed E-state index contributed by atoms with van der Waals surface area (Å²) in [5.74, 6) is 2.21. The predicted octanol–water partition coefficient (Wildman–Crippen LogP) is 3.73. The second-order valence-electron chi connectivity index (χ2n) is 11.0. The third-order valence-corrected chi connectivity index (χ3v) is 8.21. The first-order valence-corrected chi connectivity index (χ1v) is 14.6. The van der Waals surface area contributed by atoms with Crippen molar-refractivity contribution in [1.82, 2.24) is 25.1 Å². The van der Waals surface area contributed by atoms with Gasteiger partial charge < -0.3 is 20.2 Å². The van der Waals surface area contributed by atoms with Crippen molar-refractivity contribution < 1.29 is 19.5 Å². The van der Waals surface area contributed by atoms with Crippen LogP contribution in [0.25, 0.3) is 10.8 Å². The lowest BCUT2D eigenvalue weighted by atomic mass is 9.97. The number of carbonyl (C=O) groups excluding carboxylic acids is 3. The van der Waals surface area contributed by atoms with Gasteiger partial charge in [-0.05, 0) is 39.6 Å². The largest absolute Gasteiger partial charge is 0.508 e. The highest BCUT2D eigenvalue weighted by Gasteiger charge is 2.51. The predicted molar refractivity (Wildman–Crippen MR) is 167 cm³/mol. The first-order chi connectivity index (χ1) is 21.4.